The summed E-state index contributed by atoms with van der Waals surface area (Å²) >= 11 is 0. The molecule has 0 bridgehead atoms. The Bertz CT molecular complexity index is 740. The minimum absolute atomic E-state index is 0.312. The zero-order valence-corrected chi connectivity index (χ0v) is 15.0. The van der Waals surface area contributed by atoms with Gasteiger partial charge in [0.1, 0.15) is 11.5 Å². The first-order valence-electron chi connectivity index (χ1n) is 7.73. The number of rotatable bonds is 8. The van der Waals surface area contributed by atoms with Gasteiger partial charge < -0.3 is 9.47 Å². The number of sulfonamides is 1. The number of hydrogen-bond acceptors (Lipinski definition) is 4. The summed E-state index contributed by atoms with van der Waals surface area (Å²) in [5, 5.41) is 0. The molecule has 0 radical (unpaired) electrons. The first kappa shape index (κ1) is 18.3. The van der Waals surface area contributed by atoms with Crippen LogP contribution >= 0.6 is 0 Å². The van der Waals surface area contributed by atoms with E-state index in [4.69, 9.17) is 9.47 Å². The van der Waals surface area contributed by atoms with Gasteiger partial charge >= 0.3 is 0 Å². The van der Waals surface area contributed by atoms with Crippen molar-refractivity contribution < 1.29 is 17.9 Å². The summed E-state index contributed by atoms with van der Waals surface area (Å²) in [6.45, 7) is 2.77. The maximum Gasteiger partial charge on any atom is 0.242 e. The Hall–Kier alpha value is -2.05. The van der Waals surface area contributed by atoms with Gasteiger partial charge in [0, 0.05) is 13.6 Å². The van der Waals surface area contributed by atoms with Crippen LogP contribution in [-0.4, -0.2) is 40.0 Å². The molecular weight excluding hydrogens is 326 g/mol. The summed E-state index contributed by atoms with van der Waals surface area (Å²) in [6.07, 6.45) is 0.605. The van der Waals surface area contributed by atoms with Gasteiger partial charge in [0.15, 0.2) is 0 Å². The Balaban J connectivity index is 1.83. The minimum atomic E-state index is -3.45. The van der Waals surface area contributed by atoms with E-state index in [1.807, 2.05) is 31.2 Å². The second-order valence-electron chi connectivity index (χ2n) is 5.52. The highest BCUT2D eigenvalue weighted by molar-refractivity contribution is 7.89. The smallest absolute Gasteiger partial charge is 0.242 e. The van der Waals surface area contributed by atoms with Gasteiger partial charge in [-0.3, -0.25) is 0 Å². The van der Waals surface area contributed by atoms with Crippen LogP contribution in [0, 0.1) is 6.92 Å². The van der Waals surface area contributed by atoms with E-state index in [1.165, 1.54) is 4.31 Å². The van der Waals surface area contributed by atoms with Crippen LogP contribution in [0.25, 0.3) is 0 Å². The Morgan fingerprint density at radius 2 is 1.54 bits per heavy atom. The van der Waals surface area contributed by atoms with Crippen LogP contribution in [0.4, 0.5) is 0 Å². The van der Waals surface area contributed by atoms with Gasteiger partial charge in [-0.15, -0.1) is 0 Å². The first-order valence-corrected chi connectivity index (χ1v) is 9.17. The van der Waals surface area contributed by atoms with Crippen molar-refractivity contribution in [2.75, 3.05) is 27.3 Å². The standard InChI is InChI=1S/C18H23NO4S/c1-15-5-11-18(12-6-15)24(20,21)19(2)13-4-14-23-17-9-7-16(22-3)8-10-17/h5-12H,4,13-14H2,1-3H3. The quantitative estimate of drug-likeness (QED) is 0.687. The lowest BCUT2D eigenvalue weighted by atomic mass is 10.2. The fourth-order valence-electron chi connectivity index (χ4n) is 2.16. The van der Waals surface area contributed by atoms with Crippen molar-refractivity contribution in [1.29, 1.82) is 0 Å². The lowest BCUT2D eigenvalue weighted by Crippen LogP contribution is -2.28. The van der Waals surface area contributed by atoms with Crippen molar-refractivity contribution >= 4 is 10.0 Å². The highest BCUT2D eigenvalue weighted by Crippen LogP contribution is 2.18. The Morgan fingerprint density at radius 3 is 2.12 bits per heavy atom. The van der Waals surface area contributed by atoms with Gasteiger partial charge in [-0.1, -0.05) is 17.7 Å². The third-order valence-electron chi connectivity index (χ3n) is 3.67. The fraction of sp³-hybridized carbons (Fsp3) is 0.333. The summed E-state index contributed by atoms with van der Waals surface area (Å²) < 4.78 is 37.0. The molecule has 2 rings (SSSR count). The molecule has 0 spiro atoms. The maximum atomic E-state index is 12.4. The van der Waals surface area contributed by atoms with Gasteiger partial charge in [-0.2, -0.15) is 0 Å². The van der Waals surface area contributed by atoms with Crippen LogP contribution in [-0.2, 0) is 10.0 Å². The zero-order valence-electron chi connectivity index (χ0n) is 14.2. The van der Waals surface area contributed by atoms with Crippen molar-refractivity contribution in [3.63, 3.8) is 0 Å². The number of ether oxygens (including phenoxy) is 2. The monoisotopic (exact) mass is 349 g/mol. The lowest BCUT2D eigenvalue weighted by Gasteiger charge is -2.17. The number of methoxy groups -OCH3 is 1. The van der Waals surface area contributed by atoms with Crippen molar-refractivity contribution in [3.8, 4) is 11.5 Å². The van der Waals surface area contributed by atoms with E-state index in [0.717, 1.165) is 17.1 Å². The second-order valence-corrected chi connectivity index (χ2v) is 7.56. The summed E-state index contributed by atoms with van der Waals surface area (Å²) in [6, 6.07) is 14.2. The number of benzene rings is 2. The predicted molar refractivity (Wildman–Crippen MR) is 94.1 cm³/mol. The lowest BCUT2D eigenvalue weighted by molar-refractivity contribution is 0.296. The van der Waals surface area contributed by atoms with E-state index in [1.54, 1.807) is 38.4 Å². The molecule has 0 saturated carbocycles. The average molecular weight is 349 g/mol. The van der Waals surface area contributed by atoms with E-state index in [0.29, 0.717) is 24.5 Å². The van der Waals surface area contributed by atoms with Gasteiger partial charge in [-0.25, -0.2) is 12.7 Å². The van der Waals surface area contributed by atoms with Crippen LogP contribution in [0.15, 0.2) is 53.4 Å². The molecule has 0 aliphatic rings. The maximum absolute atomic E-state index is 12.4. The van der Waals surface area contributed by atoms with Crippen LogP contribution in [0.5, 0.6) is 11.5 Å². The molecule has 2 aromatic rings. The molecule has 0 atom stereocenters. The molecule has 24 heavy (non-hydrogen) atoms. The van der Waals surface area contributed by atoms with E-state index in [2.05, 4.69) is 0 Å². The fourth-order valence-corrected chi connectivity index (χ4v) is 3.37. The first-order chi connectivity index (χ1) is 11.4. The molecule has 0 amide bonds. The number of nitrogens with zero attached hydrogens (tertiary/aromatic N) is 1. The molecule has 0 aliphatic heterocycles. The molecule has 5 nitrogen and oxygen atoms in total. The minimum Gasteiger partial charge on any atom is -0.497 e. The van der Waals surface area contributed by atoms with Gasteiger partial charge in [0.25, 0.3) is 0 Å². The molecule has 0 fully saturated rings. The Kier molecular flexibility index (Phi) is 6.23. The SMILES string of the molecule is COc1ccc(OCCCN(C)S(=O)(=O)c2ccc(C)cc2)cc1. The molecule has 0 N–H and O–H groups in total. The van der Waals surface area contributed by atoms with Gasteiger partial charge in [-0.05, 0) is 49.7 Å². The topological polar surface area (TPSA) is 55.8 Å². The van der Waals surface area contributed by atoms with Gasteiger partial charge in [0.05, 0.1) is 18.6 Å². The van der Waals surface area contributed by atoms with E-state index in [-0.39, 0.29) is 0 Å². The Labute approximate surface area is 143 Å². The molecular formula is C18H23NO4S. The molecule has 6 heteroatoms. The summed E-state index contributed by atoms with van der Waals surface area (Å²) in [4.78, 5) is 0.312. The van der Waals surface area contributed by atoms with Crippen LogP contribution in [0.2, 0.25) is 0 Å². The van der Waals surface area contributed by atoms with E-state index >= 15 is 0 Å². The van der Waals surface area contributed by atoms with Crippen molar-refractivity contribution in [2.24, 2.45) is 0 Å². The van der Waals surface area contributed by atoms with Crippen molar-refractivity contribution in [3.05, 3.63) is 54.1 Å². The molecule has 0 unspecified atom stereocenters. The van der Waals surface area contributed by atoms with Crippen molar-refractivity contribution in [1.82, 2.24) is 4.31 Å². The normalized spacial score (nSPS) is 11.5. The highest BCUT2D eigenvalue weighted by Gasteiger charge is 2.19. The number of hydrogen-bond donors (Lipinski definition) is 0. The Morgan fingerprint density at radius 1 is 0.958 bits per heavy atom. The molecule has 2 aromatic carbocycles. The summed E-state index contributed by atoms with van der Waals surface area (Å²) in [7, 11) is -0.251. The average Bonchev–Trinajstić information content (AvgIpc) is 2.59. The summed E-state index contributed by atoms with van der Waals surface area (Å²) in [5.74, 6) is 1.51. The molecule has 0 aromatic heterocycles. The van der Waals surface area contributed by atoms with E-state index in [9.17, 15) is 8.42 Å². The second kappa shape index (κ2) is 8.17. The largest absolute Gasteiger partial charge is 0.497 e. The van der Waals surface area contributed by atoms with Crippen molar-refractivity contribution in [2.45, 2.75) is 18.2 Å². The highest BCUT2D eigenvalue weighted by atomic mass is 32.2. The molecule has 0 saturated heterocycles. The van der Waals surface area contributed by atoms with Gasteiger partial charge in [0.2, 0.25) is 10.0 Å². The van der Waals surface area contributed by atoms with Crippen LogP contribution < -0.4 is 9.47 Å². The van der Waals surface area contributed by atoms with Crippen LogP contribution in [0.3, 0.4) is 0 Å². The molecule has 0 aliphatic carbocycles. The predicted octanol–water partition coefficient (Wildman–Crippen LogP) is 3.09. The zero-order chi connectivity index (χ0) is 17.6. The third kappa shape index (κ3) is 4.72. The molecule has 130 valence electrons. The third-order valence-corrected chi connectivity index (χ3v) is 5.55. The van der Waals surface area contributed by atoms with E-state index < -0.39 is 10.0 Å². The molecule has 0 heterocycles. The summed E-state index contributed by atoms with van der Waals surface area (Å²) in [5.41, 5.74) is 1.03. The van der Waals surface area contributed by atoms with Crippen LogP contribution in [0.1, 0.15) is 12.0 Å². The number of aryl methyl sites for hydroxylation is 1.